The molecular weight excluding hydrogens is 499 g/mol. The zero-order valence-corrected chi connectivity index (χ0v) is 20.1. The second kappa shape index (κ2) is 19.8. The molecule has 0 bridgehead atoms. The van der Waals surface area contributed by atoms with Crippen LogP contribution in [0.3, 0.4) is 0 Å². The van der Waals surface area contributed by atoms with Crippen molar-refractivity contribution in [3.05, 3.63) is 0 Å². The molecule has 0 aliphatic rings. The minimum Gasteiger partial charge on any atom is -0.481 e. The van der Waals surface area contributed by atoms with Gasteiger partial charge in [-0.2, -0.15) is 11.1 Å². The first kappa shape index (κ1) is 33.6. The molecule has 0 aromatic carbocycles. The number of nitrogens with one attached hydrogen (secondary N) is 5. The largest absolute Gasteiger partial charge is 0.481 e. The molecule has 0 aliphatic carbocycles. The highest BCUT2D eigenvalue weighted by atomic mass is 16.4. The first-order valence-electron chi connectivity index (χ1n) is 11.1. The third-order valence-corrected chi connectivity index (χ3v) is 4.49. The number of hydrogen-bond acceptors (Lipinski definition) is 12. The van der Waals surface area contributed by atoms with E-state index in [2.05, 4.69) is 27.3 Å². The number of carbonyl (C=O) groups is 6. The molecule has 0 saturated carbocycles. The van der Waals surface area contributed by atoms with Crippen LogP contribution in [0.15, 0.2) is 0 Å². The highest BCUT2D eigenvalue weighted by Gasteiger charge is 2.14. The van der Waals surface area contributed by atoms with E-state index in [1.54, 1.807) is 0 Å². The van der Waals surface area contributed by atoms with Gasteiger partial charge in [-0.3, -0.25) is 44.6 Å². The maximum absolute atomic E-state index is 12.1. The summed E-state index contributed by atoms with van der Waals surface area (Å²) in [6, 6.07) is 0. The van der Waals surface area contributed by atoms with Crippen LogP contribution in [0.25, 0.3) is 0 Å². The van der Waals surface area contributed by atoms with Gasteiger partial charge in [0.1, 0.15) is 0 Å². The summed E-state index contributed by atoms with van der Waals surface area (Å²) in [5.41, 5.74) is 9.59. The average Bonchev–Trinajstić information content (AvgIpc) is 2.82. The van der Waals surface area contributed by atoms with Crippen LogP contribution in [0, 0.1) is 0 Å². The number of carboxylic acids is 4. The number of hydrazine groups is 5. The van der Waals surface area contributed by atoms with E-state index < -0.39 is 35.7 Å². The Morgan fingerprint density at radius 3 is 1.00 bits per heavy atom. The number of hydrogen-bond donors (Lipinski definition) is 9. The van der Waals surface area contributed by atoms with E-state index in [0.717, 1.165) is 0 Å². The Bertz CT molecular complexity index is 679. The van der Waals surface area contributed by atoms with E-state index in [-0.39, 0.29) is 77.8 Å². The quantitative estimate of drug-likeness (QED) is 0.0452. The molecule has 0 aromatic rings. The van der Waals surface area contributed by atoms with Crippen molar-refractivity contribution in [2.45, 2.75) is 38.5 Å². The van der Waals surface area contributed by atoms with Crippen molar-refractivity contribution < 1.29 is 49.2 Å². The first-order chi connectivity index (χ1) is 17.4. The molecule has 9 N–H and O–H groups in total. The van der Waals surface area contributed by atoms with E-state index in [0.29, 0.717) is 0 Å². The van der Waals surface area contributed by atoms with Gasteiger partial charge < -0.3 is 25.8 Å². The second-order valence-corrected chi connectivity index (χ2v) is 7.49. The van der Waals surface area contributed by atoms with Gasteiger partial charge in [-0.25, -0.2) is 10.0 Å². The molecule has 0 unspecified atom stereocenters. The van der Waals surface area contributed by atoms with Crippen molar-refractivity contribution in [3.63, 3.8) is 0 Å². The molecule has 0 aromatic heterocycles. The van der Waals surface area contributed by atoms with Gasteiger partial charge in [0.05, 0.1) is 25.7 Å². The Morgan fingerprint density at radius 2 is 0.757 bits per heavy atom. The Labute approximate surface area is 213 Å². The fourth-order valence-corrected chi connectivity index (χ4v) is 2.49. The number of nitrogens with zero attached hydrogens (tertiary/aromatic N) is 3. The normalized spacial score (nSPS) is 11.0. The van der Waals surface area contributed by atoms with Gasteiger partial charge in [-0.15, -0.1) is 0 Å². The van der Waals surface area contributed by atoms with Crippen molar-refractivity contribution >= 4 is 43.7 Å². The molecule has 0 atom stereocenters. The first-order valence-corrected chi connectivity index (χ1v) is 11.1. The van der Waals surface area contributed by atoms with Crippen molar-refractivity contribution in [1.82, 2.24) is 42.3 Å². The summed E-state index contributed by atoms with van der Waals surface area (Å²) in [6.45, 7) is -0.0606. The fourth-order valence-electron chi connectivity index (χ4n) is 2.49. The highest BCUT2D eigenvalue weighted by molar-refractivity contribution is 6.03. The summed E-state index contributed by atoms with van der Waals surface area (Å²) in [7, 11) is 5.40. The van der Waals surface area contributed by atoms with Crippen molar-refractivity contribution in [3.8, 4) is 0 Å². The van der Waals surface area contributed by atoms with Crippen LogP contribution in [0.1, 0.15) is 38.5 Å². The number of amides is 2. The van der Waals surface area contributed by atoms with Crippen LogP contribution in [0.5, 0.6) is 0 Å². The zero-order chi connectivity index (χ0) is 28.2. The topological polar surface area (TPSA) is 253 Å². The van der Waals surface area contributed by atoms with Gasteiger partial charge in [0.2, 0.25) is 19.8 Å². The monoisotopic (exact) mass is 532 g/mol. The molecule has 2 amide bonds. The maximum atomic E-state index is 12.1. The van der Waals surface area contributed by atoms with E-state index in [4.69, 9.17) is 28.4 Å². The molecular formula is C18H33BN8O10. The number of rotatable bonds is 23. The van der Waals surface area contributed by atoms with Gasteiger partial charge in [0, 0.05) is 52.1 Å². The molecule has 0 saturated heterocycles. The fraction of sp³-hybridized carbons (Fsp3) is 0.667. The minimum absolute atomic E-state index is 0.0490. The second-order valence-electron chi connectivity index (χ2n) is 7.49. The molecule has 18 nitrogen and oxygen atoms in total. The lowest BCUT2D eigenvalue weighted by molar-refractivity contribution is -0.140. The summed E-state index contributed by atoms with van der Waals surface area (Å²) >= 11 is 0. The smallest absolute Gasteiger partial charge is 0.304 e. The number of carbonyl (C=O) groups excluding carboxylic acids is 2. The van der Waals surface area contributed by atoms with E-state index in [9.17, 15) is 28.8 Å². The molecule has 2 radical (unpaired) electrons. The molecule has 19 heteroatoms. The summed E-state index contributed by atoms with van der Waals surface area (Å²) < 4.78 is 0. The molecule has 0 heterocycles. The van der Waals surface area contributed by atoms with Gasteiger partial charge in [0.25, 0.3) is 0 Å². The standard InChI is InChI=1S/C18H33BN8O10/c19-22-25(7-1-13(28)20-23-26(9-3-15(30)31)10-4-16(32)33)8-2-14(29)21-24-27(11-5-17(34)35)12-6-18(36)37/h22-24H,1-12H2,(H,20,28)(H,21,29)(H,30,31)(H,32,33)(H,34,35)(H,36,37). The summed E-state index contributed by atoms with van der Waals surface area (Å²) in [6.07, 6.45) is -1.30. The van der Waals surface area contributed by atoms with E-state index in [1.165, 1.54) is 15.0 Å². The van der Waals surface area contributed by atoms with Gasteiger partial charge in [-0.05, 0) is 0 Å². The third kappa shape index (κ3) is 20.5. The third-order valence-electron chi connectivity index (χ3n) is 4.49. The minimum atomic E-state index is -1.09. The molecule has 37 heavy (non-hydrogen) atoms. The van der Waals surface area contributed by atoms with Crippen molar-refractivity contribution in [1.29, 1.82) is 0 Å². The molecule has 0 aliphatic heterocycles. The SMILES string of the molecule is [B]NN(CCC(=O)NNN(CCC(=O)O)CCC(=O)O)CCC(=O)NNN(CCC(=O)O)CCC(=O)O. The predicted molar refractivity (Wildman–Crippen MR) is 124 cm³/mol. The summed E-state index contributed by atoms with van der Waals surface area (Å²) in [5, 5.41) is 41.2. The zero-order valence-electron chi connectivity index (χ0n) is 20.1. The van der Waals surface area contributed by atoms with E-state index in [1.807, 2.05) is 0 Å². The van der Waals surface area contributed by atoms with Crippen LogP contribution < -0.4 is 27.3 Å². The predicted octanol–water partition coefficient (Wildman–Crippen LogP) is -3.77. The summed E-state index contributed by atoms with van der Waals surface area (Å²) in [5.74, 6) is -5.41. The Morgan fingerprint density at radius 1 is 0.486 bits per heavy atom. The lowest BCUT2D eigenvalue weighted by atomic mass is 10.3. The van der Waals surface area contributed by atoms with Crippen molar-refractivity contribution in [2.75, 3.05) is 39.3 Å². The number of carboxylic acid groups (broad SMARTS) is 4. The van der Waals surface area contributed by atoms with E-state index >= 15 is 0 Å². The molecule has 0 fully saturated rings. The van der Waals surface area contributed by atoms with Crippen molar-refractivity contribution in [2.24, 2.45) is 0 Å². The number of aliphatic carboxylic acids is 4. The lowest BCUT2D eigenvalue weighted by Gasteiger charge is -2.24. The maximum Gasteiger partial charge on any atom is 0.304 e. The van der Waals surface area contributed by atoms with Gasteiger partial charge in [0.15, 0.2) is 0 Å². The molecule has 208 valence electrons. The van der Waals surface area contributed by atoms with Gasteiger partial charge >= 0.3 is 23.9 Å². The van der Waals surface area contributed by atoms with Crippen LogP contribution >= 0.6 is 0 Å². The Hall–Kier alpha value is -3.36. The van der Waals surface area contributed by atoms with Crippen LogP contribution in [0.4, 0.5) is 0 Å². The Balaban J connectivity index is 4.44. The average molecular weight is 532 g/mol. The van der Waals surface area contributed by atoms with Gasteiger partial charge in [-0.1, -0.05) is 0 Å². The lowest BCUT2D eigenvalue weighted by Crippen LogP contribution is -2.52. The summed E-state index contributed by atoms with van der Waals surface area (Å²) in [4.78, 5) is 67.0. The van der Waals surface area contributed by atoms with Crippen LogP contribution in [-0.4, -0.2) is 118 Å². The highest BCUT2D eigenvalue weighted by Crippen LogP contribution is 1.94. The molecule has 0 spiro atoms. The van der Waals surface area contributed by atoms with Crippen LogP contribution in [0.2, 0.25) is 0 Å². The Kier molecular flexibility index (Phi) is 18.0. The molecule has 0 rings (SSSR count). The van der Waals surface area contributed by atoms with Crippen LogP contribution in [-0.2, 0) is 28.8 Å².